The molecule has 9 heteroatoms. The van der Waals surface area contributed by atoms with Crippen LogP contribution in [0.2, 0.25) is 10.0 Å². The SMILES string of the molecule is COC(=O)[C@@H]1C=C[C@H](NC(=O)C2(C(=O)Nc3cc(Cl)cc(Cl)c3)C=CCO2)C1. The average Bonchev–Trinajstić information content (AvgIpc) is 3.30. The summed E-state index contributed by atoms with van der Waals surface area (Å²) in [5, 5.41) is 6.03. The van der Waals surface area contributed by atoms with Gasteiger partial charge in [0.15, 0.2) is 0 Å². The van der Waals surface area contributed by atoms with Crippen molar-refractivity contribution in [3.63, 3.8) is 0 Å². The van der Waals surface area contributed by atoms with E-state index >= 15 is 0 Å². The molecule has 1 heterocycles. The number of nitrogens with one attached hydrogen (secondary N) is 2. The van der Waals surface area contributed by atoms with Crippen LogP contribution in [-0.2, 0) is 23.9 Å². The zero-order valence-electron chi connectivity index (χ0n) is 14.9. The molecule has 0 radical (unpaired) electrons. The highest BCUT2D eigenvalue weighted by atomic mass is 35.5. The smallest absolute Gasteiger partial charge is 0.312 e. The second kappa shape index (κ2) is 8.34. The van der Waals surface area contributed by atoms with E-state index in [4.69, 9.17) is 32.7 Å². The van der Waals surface area contributed by atoms with Gasteiger partial charge in [-0.15, -0.1) is 0 Å². The highest BCUT2D eigenvalue weighted by molar-refractivity contribution is 6.35. The molecule has 1 unspecified atom stereocenters. The van der Waals surface area contributed by atoms with Gasteiger partial charge in [-0.3, -0.25) is 14.4 Å². The van der Waals surface area contributed by atoms with Crippen molar-refractivity contribution in [2.75, 3.05) is 19.0 Å². The highest BCUT2D eigenvalue weighted by Crippen LogP contribution is 2.27. The van der Waals surface area contributed by atoms with E-state index in [0.717, 1.165) is 0 Å². The Morgan fingerprint density at radius 2 is 1.86 bits per heavy atom. The Bertz CT molecular complexity index is 850. The fourth-order valence-electron chi connectivity index (χ4n) is 3.09. The molecule has 1 aliphatic heterocycles. The number of anilines is 1. The lowest BCUT2D eigenvalue weighted by Crippen LogP contribution is -2.56. The van der Waals surface area contributed by atoms with Gasteiger partial charge in [-0.1, -0.05) is 41.4 Å². The van der Waals surface area contributed by atoms with Gasteiger partial charge in [0.2, 0.25) is 5.60 Å². The third kappa shape index (κ3) is 4.22. The van der Waals surface area contributed by atoms with Gasteiger partial charge in [0.05, 0.1) is 19.6 Å². The summed E-state index contributed by atoms with van der Waals surface area (Å²) in [7, 11) is 1.31. The van der Waals surface area contributed by atoms with Crippen molar-refractivity contribution in [1.82, 2.24) is 5.32 Å². The first-order valence-electron chi connectivity index (χ1n) is 8.50. The second-order valence-corrected chi connectivity index (χ2v) is 7.26. The number of rotatable bonds is 5. The van der Waals surface area contributed by atoms with Gasteiger partial charge in [-0.2, -0.15) is 0 Å². The van der Waals surface area contributed by atoms with Gasteiger partial charge in [-0.05, 0) is 30.7 Å². The molecule has 2 N–H and O–H groups in total. The summed E-state index contributed by atoms with van der Waals surface area (Å²) in [6.45, 7) is 0.114. The molecule has 3 atom stereocenters. The summed E-state index contributed by atoms with van der Waals surface area (Å²) < 4.78 is 10.2. The lowest BCUT2D eigenvalue weighted by Gasteiger charge is -2.26. The van der Waals surface area contributed by atoms with Gasteiger partial charge in [0.25, 0.3) is 11.8 Å². The Morgan fingerprint density at radius 1 is 1.14 bits per heavy atom. The van der Waals surface area contributed by atoms with E-state index < -0.39 is 29.4 Å². The molecule has 0 bridgehead atoms. The molecule has 2 amide bonds. The molecule has 0 fully saturated rings. The second-order valence-electron chi connectivity index (χ2n) is 6.39. The molecule has 1 aromatic rings. The number of carbonyl (C=O) groups excluding carboxylic acids is 3. The molecule has 148 valence electrons. The Morgan fingerprint density at radius 3 is 2.46 bits per heavy atom. The first-order valence-corrected chi connectivity index (χ1v) is 9.26. The summed E-state index contributed by atoms with van der Waals surface area (Å²) in [6, 6.07) is 4.13. The largest absolute Gasteiger partial charge is 0.469 e. The molecule has 1 aliphatic carbocycles. The summed E-state index contributed by atoms with van der Waals surface area (Å²) >= 11 is 11.9. The van der Waals surface area contributed by atoms with Gasteiger partial charge in [-0.25, -0.2) is 0 Å². The predicted octanol–water partition coefficient (Wildman–Crippen LogP) is 2.49. The van der Waals surface area contributed by atoms with E-state index in [0.29, 0.717) is 22.2 Å². The fourth-order valence-corrected chi connectivity index (χ4v) is 3.61. The average molecular weight is 425 g/mol. The van der Waals surface area contributed by atoms with Crippen LogP contribution in [-0.4, -0.2) is 43.1 Å². The van der Waals surface area contributed by atoms with Crippen LogP contribution in [0.5, 0.6) is 0 Å². The number of ether oxygens (including phenoxy) is 2. The maximum absolute atomic E-state index is 12.9. The zero-order valence-corrected chi connectivity index (χ0v) is 16.4. The number of hydrogen-bond acceptors (Lipinski definition) is 5. The van der Waals surface area contributed by atoms with E-state index in [-0.39, 0.29) is 12.6 Å². The molecular formula is C19H18Cl2N2O5. The third-order valence-electron chi connectivity index (χ3n) is 4.46. The van der Waals surface area contributed by atoms with Gasteiger partial charge < -0.3 is 20.1 Å². The van der Waals surface area contributed by atoms with Crippen molar-refractivity contribution >= 4 is 46.7 Å². The maximum atomic E-state index is 12.9. The van der Waals surface area contributed by atoms with Crippen LogP contribution in [0.4, 0.5) is 5.69 Å². The van der Waals surface area contributed by atoms with E-state index in [2.05, 4.69) is 10.6 Å². The molecule has 0 saturated carbocycles. The van der Waals surface area contributed by atoms with Crippen molar-refractivity contribution in [1.29, 1.82) is 0 Å². The Balaban J connectivity index is 1.72. The molecule has 7 nitrogen and oxygen atoms in total. The van der Waals surface area contributed by atoms with Crippen LogP contribution in [0.15, 0.2) is 42.5 Å². The van der Waals surface area contributed by atoms with Gasteiger partial charge in [0, 0.05) is 21.8 Å². The Kier molecular flexibility index (Phi) is 6.07. The van der Waals surface area contributed by atoms with Crippen LogP contribution in [0.3, 0.4) is 0 Å². The predicted molar refractivity (Wildman–Crippen MR) is 104 cm³/mol. The molecule has 0 aromatic heterocycles. The van der Waals surface area contributed by atoms with Crippen LogP contribution >= 0.6 is 23.2 Å². The minimum atomic E-state index is -1.83. The lowest BCUT2D eigenvalue weighted by molar-refractivity contribution is -0.149. The number of carbonyl (C=O) groups is 3. The summed E-state index contributed by atoms with van der Waals surface area (Å²) in [5.41, 5.74) is -1.49. The topological polar surface area (TPSA) is 93.7 Å². The first-order chi connectivity index (χ1) is 13.3. The van der Waals surface area contributed by atoms with E-state index in [9.17, 15) is 14.4 Å². The molecule has 0 saturated heterocycles. The highest BCUT2D eigenvalue weighted by Gasteiger charge is 2.48. The van der Waals surface area contributed by atoms with Gasteiger partial charge >= 0.3 is 5.97 Å². The Labute approximate surface area is 171 Å². The number of esters is 1. The summed E-state index contributed by atoms with van der Waals surface area (Å²) in [6.07, 6.45) is 6.71. The van der Waals surface area contributed by atoms with Crippen LogP contribution in [0, 0.1) is 5.92 Å². The number of halogens is 2. The standard InChI is InChI=1S/C19H18Cl2N2O5/c1-27-16(24)11-3-4-14(7-11)22-17(25)19(5-2-6-28-19)18(26)23-15-9-12(20)8-13(21)10-15/h2-5,8-11,14H,6-7H2,1H3,(H,22,25)(H,23,26)/t11-,14+,19?/m1/s1. The van der Waals surface area contributed by atoms with Crippen LogP contribution in [0.25, 0.3) is 0 Å². The minimum absolute atomic E-state index is 0.114. The number of methoxy groups -OCH3 is 1. The van der Waals surface area contributed by atoms with Crippen molar-refractivity contribution in [2.45, 2.75) is 18.1 Å². The Hall–Kier alpha value is -2.35. The molecule has 1 aromatic carbocycles. The quantitative estimate of drug-likeness (QED) is 0.430. The molecular weight excluding hydrogens is 407 g/mol. The molecule has 2 aliphatic rings. The van der Waals surface area contributed by atoms with Crippen LogP contribution in [0.1, 0.15) is 6.42 Å². The van der Waals surface area contributed by atoms with Gasteiger partial charge in [0.1, 0.15) is 0 Å². The van der Waals surface area contributed by atoms with Crippen molar-refractivity contribution < 1.29 is 23.9 Å². The fraction of sp³-hybridized carbons (Fsp3) is 0.316. The van der Waals surface area contributed by atoms with E-state index in [1.807, 2.05) is 0 Å². The number of hydrogen-bond donors (Lipinski definition) is 2. The van der Waals surface area contributed by atoms with Crippen molar-refractivity contribution in [3.05, 3.63) is 52.5 Å². The molecule has 0 spiro atoms. The normalized spacial score (nSPS) is 25.5. The van der Waals surface area contributed by atoms with E-state index in [1.54, 1.807) is 18.2 Å². The maximum Gasteiger partial charge on any atom is 0.312 e. The summed E-state index contributed by atoms with van der Waals surface area (Å²) in [4.78, 5) is 37.4. The monoisotopic (exact) mass is 424 g/mol. The van der Waals surface area contributed by atoms with Crippen LogP contribution < -0.4 is 10.6 Å². The third-order valence-corrected chi connectivity index (χ3v) is 4.90. The lowest BCUT2D eigenvalue weighted by atomic mass is 10.0. The number of benzene rings is 1. The molecule has 28 heavy (non-hydrogen) atoms. The molecule has 3 rings (SSSR count). The van der Waals surface area contributed by atoms with E-state index in [1.165, 1.54) is 31.4 Å². The number of amides is 2. The zero-order chi connectivity index (χ0) is 20.3. The van der Waals surface area contributed by atoms with Crippen molar-refractivity contribution in [3.8, 4) is 0 Å². The minimum Gasteiger partial charge on any atom is -0.469 e. The summed E-state index contributed by atoms with van der Waals surface area (Å²) in [5.74, 6) is -2.13. The van der Waals surface area contributed by atoms with Crippen molar-refractivity contribution in [2.24, 2.45) is 5.92 Å². The first kappa shape index (κ1) is 20.4.